The maximum absolute atomic E-state index is 12.1. The number of aromatic nitrogens is 3. The third-order valence-electron chi connectivity index (χ3n) is 5.01. The van der Waals surface area contributed by atoms with Crippen molar-refractivity contribution in [1.82, 2.24) is 30.3 Å². The molecule has 1 fully saturated rings. The minimum atomic E-state index is 0. The first-order valence-electron chi connectivity index (χ1n) is 10.9. The van der Waals surface area contributed by atoms with Gasteiger partial charge in [0, 0.05) is 52.1 Å². The molecule has 8 nitrogen and oxygen atoms in total. The average Bonchev–Trinajstić information content (AvgIpc) is 3.06. The van der Waals surface area contributed by atoms with E-state index in [2.05, 4.69) is 39.2 Å². The van der Waals surface area contributed by atoms with Gasteiger partial charge in [0.05, 0.1) is 0 Å². The lowest BCUT2D eigenvalue weighted by atomic mass is 10.2. The van der Waals surface area contributed by atoms with E-state index in [0.717, 1.165) is 89.6 Å². The first kappa shape index (κ1) is 25.6. The molecule has 0 bridgehead atoms. The zero-order valence-corrected chi connectivity index (χ0v) is 20.4. The molecule has 1 saturated heterocycles. The number of unbranched alkanes of at least 4 members (excludes halogenated alkanes) is 1. The molecule has 2 heterocycles. The van der Waals surface area contributed by atoms with E-state index in [1.807, 2.05) is 4.90 Å². The summed E-state index contributed by atoms with van der Waals surface area (Å²) in [6.07, 6.45) is 9.87. The van der Waals surface area contributed by atoms with Crippen LogP contribution in [0.2, 0.25) is 0 Å². The SMILES string of the molecule is CCCCNC(=NCCCN1CCCCCC1=O)NCCn1cnnc1CC.I. The fourth-order valence-corrected chi connectivity index (χ4v) is 3.32. The molecule has 0 saturated carbocycles. The van der Waals surface area contributed by atoms with Gasteiger partial charge in [-0.25, -0.2) is 0 Å². The second-order valence-electron chi connectivity index (χ2n) is 7.28. The molecule has 1 aromatic heterocycles. The first-order chi connectivity index (χ1) is 13.7. The fourth-order valence-electron chi connectivity index (χ4n) is 3.32. The summed E-state index contributed by atoms with van der Waals surface area (Å²) in [6, 6.07) is 0. The number of nitrogens with zero attached hydrogens (tertiary/aromatic N) is 5. The molecular formula is C20H38IN7O. The highest BCUT2D eigenvalue weighted by atomic mass is 127. The number of likely N-dealkylation sites (tertiary alicyclic amines) is 1. The minimum absolute atomic E-state index is 0. The van der Waals surface area contributed by atoms with Gasteiger partial charge < -0.3 is 20.1 Å². The van der Waals surface area contributed by atoms with Crippen LogP contribution in [0.3, 0.4) is 0 Å². The Balaban J connectivity index is 0.00000420. The molecule has 2 N–H and O–H groups in total. The van der Waals surface area contributed by atoms with Gasteiger partial charge in [-0.2, -0.15) is 0 Å². The lowest BCUT2D eigenvalue weighted by Gasteiger charge is -2.20. The number of amides is 1. The monoisotopic (exact) mass is 519 g/mol. The van der Waals surface area contributed by atoms with E-state index in [1.165, 1.54) is 6.42 Å². The molecule has 2 rings (SSSR count). The molecule has 0 atom stereocenters. The molecule has 0 aromatic carbocycles. The summed E-state index contributed by atoms with van der Waals surface area (Å²) >= 11 is 0. The summed E-state index contributed by atoms with van der Waals surface area (Å²) in [7, 11) is 0. The molecule has 1 aliphatic heterocycles. The van der Waals surface area contributed by atoms with Crippen LogP contribution in [0.1, 0.15) is 64.6 Å². The number of guanidine groups is 1. The van der Waals surface area contributed by atoms with E-state index < -0.39 is 0 Å². The summed E-state index contributed by atoms with van der Waals surface area (Å²) in [5, 5.41) is 14.9. The molecule has 166 valence electrons. The standard InChI is InChI=1S/C20H37N7O.HI/c1-3-5-11-21-20(23-13-16-27-17-24-25-18(27)4-2)22-12-9-15-26-14-8-6-7-10-19(26)28;/h17H,3-16H2,1-2H3,(H2,21,22,23);1H. The van der Waals surface area contributed by atoms with E-state index >= 15 is 0 Å². The van der Waals surface area contributed by atoms with Crippen molar-refractivity contribution in [2.75, 3.05) is 32.7 Å². The Kier molecular flexibility index (Phi) is 13.7. The van der Waals surface area contributed by atoms with Gasteiger partial charge in [0.1, 0.15) is 12.2 Å². The predicted octanol–water partition coefficient (Wildman–Crippen LogP) is 2.59. The van der Waals surface area contributed by atoms with Crippen LogP contribution in [0.15, 0.2) is 11.3 Å². The largest absolute Gasteiger partial charge is 0.356 e. The number of carbonyl (C=O) groups excluding carboxylic acids is 1. The van der Waals surface area contributed by atoms with Crippen molar-refractivity contribution in [2.45, 2.75) is 71.8 Å². The molecule has 1 aromatic rings. The molecule has 0 unspecified atom stereocenters. The van der Waals surface area contributed by atoms with Gasteiger partial charge >= 0.3 is 0 Å². The zero-order valence-electron chi connectivity index (χ0n) is 18.0. The lowest BCUT2D eigenvalue weighted by molar-refractivity contribution is -0.130. The Hall–Kier alpha value is -1.39. The Labute approximate surface area is 192 Å². The quantitative estimate of drug-likeness (QED) is 0.203. The van der Waals surface area contributed by atoms with Crippen LogP contribution in [-0.2, 0) is 17.8 Å². The van der Waals surface area contributed by atoms with Crippen molar-refractivity contribution in [2.24, 2.45) is 4.99 Å². The Morgan fingerprint density at radius 2 is 1.97 bits per heavy atom. The van der Waals surface area contributed by atoms with Crippen LogP contribution in [0.25, 0.3) is 0 Å². The van der Waals surface area contributed by atoms with Crippen LogP contribution in [0, 0.1) is 0 Å². The highest BCUT2D eigenvalue weighted by Gasteiger charge is 2.15. The maximum atomic E-state index is 12.1. The third-order valence-corrected chi connectivity index (χ3v) is 5.01. The van der Waals surface area contributed by atoms with Gasteiger partial charge in [0.15, 0.2) is 5.96 Å². The molecule has 9 heteroatoms. The van der Waals surface area contributed by atoms with Gasteiger partial charge in [-0.3, -0.25) is 9.79 Å². The van der Waals surface area contributed by atoms with Gasteiger partial charge in [-0.15, -0.1) is 34.2 Å². The Morgan fingerprint density at radius 3 is 2.76 bits per heavy atom. The Bertz CT molecular complexity index is 605. The summed E-state index contributed by atoms with van der Waals surface area (Å²) < 4.78 is 2.07. The van der Waals surface area contributed by atoms with Gasteiger partial charge in [0.25, 0.3) is 0 Å². The molecule has 1 amide bonds. The molecule has 0 radical (unpaired) electrons. The summed E-state index contributed by atoms with van der Waals surface area (Å²) in [5.41, 5.74) is 0. The van der Waals surface area contributed by atoms with Crippen LogP contribution < -0.4 is 10.6 Å². The number of carbonyl (C=O) groups is 1. The van der Waals surface area contributed by atoms with Crippen LogP contribution in [0.4, 0.5) is 0 Å². The van der Waals surface area contributed by atoms with Crippen molar-refractivity contribution in [1.29, 1.82) is 0 Å². The fraction of sp³-hybridized carbons (Fsp3) is 0.800. The van der Waals surface area contributed by atoms with Crippen molar-refractivity contribution < 1.29 is 4.79 Å². The normalized spacial score (nSPS) is 15.0. The smallest absolute Gasteiger partial charge is 0.222 e. The second-order valence-corrected chi connectivity index (χ2v) is 7.28. The molecule has 0 spiro atoms. The lowest BCUT2D eigenvalue weighted by Crippen LogP contribution is -2.39. The number of aryl methyl sites for hydroxylation is 1. The molecule has 1 aliphatic rings. The number of rotatable bonds is 11. The van der Waals surface area contributed by atoms with Crippen molar-refractivity contribution in [3.8, 4) is 0 Å². The van der Waals surface area contributed by atoms with E-state index in [1.54, 1.807) is 6.33 Å². The number of halogens is 1. The molecule has 29 heavy (non-hydrogen) atoms. The van der Waals surface area contributed by atoms with E-state index in [0.29, 0.717) is 12.3 Å². The molecular weight excluding hydrogens is 481 g/mol. The highest BCUT2D eigenvalue weighted by Crippen LogP contribution is 2.11. The number of hydrogen-bond donors (Lipinski definition) is 2. The first-order valence-corrected chi connectivity index (χ1v) is 10.9. The van der Waals surface area contributed by atoms with Crippen LogP contribution >= 0.6 is 24.0 Å². The van der Waals surface area contributed by atoms with E-state index in [9.17, 15) is 4.79 Å². The molecule has 0 aliphatic carbocycles. The van der Waals surface area contributed by atoms with Gasteiger partial charge in [0.2, 0.25) is 5.91 Å². The highest BCUT2D eigenvalue weighted by molar-refractivity contribution is 14.0. The number of nitrogens with one attached hydrogen (secondary N) is 2. The summed E-state index contributed by atoms with van der Waals surface area (Å²) in [6.45, 7) is 9.20. The average molecular weight is 519 g/mol. The van der Waals surface area contributed by atoms with Crippen LogP contribution in [0.5, 0.6) is 0 Å². The van der Waals surface area contributed by atoms with Gasteiger partial charge in [-0.05, 0) is 25.7 Å². The van der Waals surface area contributed by atoms with Crippen molar-refractivity contribution in [3.05, 3.63) is 12.2 Å². The van der Waals surface area contributed by atoms with Crippen molar-refractivity contribution >= 4 is 35.8 Å². The zero-order chi connectivity index (χ0) is 20.0. The van der Waals surface area contributed by atoms with Gasteiger partial charge in [-0.1, -0.05) is 26.7 Å². The number of aliphatic imine (C=N–C) groups is 1. The van der Waals surface area contributed by atoms with Crippen LogP contribution in [-0.4, -0.2) is 64.3 Å². The summed E-state index contributed by atoms with van der Waals surface area (Å²) in [5.74, 6) is 2.16. The summed E-state index contributed by atoms with van der Waals surface area (Å²) in [4.78, 5) is 18.8. The predicted molar refractivity (Wildman–Crippen MR) is 128 cm³/mol. The Morgan fingerprint density at radius 1 is 1.14 bits per heavy atom. The van der Waals surface area contributed by atoms with E-state index in [-0.39, 0.29) is 24.0 Å². The van der Waals surface area contributed by atoms with Crippen molar-refractivity contribution in [3.63, 3.8) is 0 Å². The third kappa shape index (κ3) is 9.77. The number of hydrogen-bond acceptors (Lipinski definition) is 4. The minimum Gasteiger partial charge on any atom is -0.356 e. The topological polar surface area (TPSA) is 87.4 Å². The van der Waals surface area contributed by atoms with E-state index in [4.69, 9.17) is 4.99 Å². The second kappa shape index (κ2) is 15.4. The maximum Gasteiger partial charge on any atom is 0.222 e.